The molecule has 0 rings (SSSR count). The van der Waals surface area contributed by atoms with Gasteiger partial charge in [-0.2, -0.15) is 0 Å². The topological polar surface area (TPSA) is 215 Å². The van der Waals surface area contributed by atoms with Crippen LogP contribution in [0.2, 0.25) is 0 Å². The Bertz CT molecular complexity index is 581. The van der Waals surface area contributed by atoms with Crippen LogP contribution in [0.15, 0.2) is 4.99 Å². The molecule has 0 unspecified atom stereocenters. The molecule has 0 saturated heterocycles. The summed E-state index contributed by atoms with van der Waals surface area (Å²) in [4.78, 5) is 51.0. The number of aliphatic imine (C=N–C) groups is 1. The van der Waals surface area contributed by atoms with E-state index in [1.807, 2.05) is 6.92 Å². The number of aliphatic hydroxyl groups is 1. The van der Waals surface area contributed by atoms with Crippen molar-refractivity contribution < 1.29 is 24.3 Å². The molecule has 10 N–H and O–H groups in total. The number of carbonyl (C=O) groups excluding carboxylic acids is 4. The summed E-state index contributed by atoms with van der Waals surface area (Å²) < 4.78 is 0. The fourth-order valence-corrected chi connectivity index (χ4v) is 2.33. The predicted molar refractivity (Wildman–Crippen MR) is 107 cm³/mol. The summed E-state index contributed by atoms with van der Waals surface area (Å²) in [6.07, 6.45) is 1.84. The Hall–Kier alpha value is -2.73. The molecule has 0 aromatic heterocycles. The molecular weight excluding hydrogens is 382 g/mol. The first-order chi connectivity index (χ1) is 13.7. The van der Waals surface area contributed by atoms with Crippen LogP contribution in [0.4, 0.5) is 0 Å². The van der Waals surface area contributed by atoms with Gasteiger partial charge >= 0.3 is 0 Å². The molecule has 0 aromatic rings. The molecule has 0 radical (unpaired) electrons. The van der Waals surface area contributed by atoms with E-state index < -0.39 is 42.5 Å². The largest absolute Gasteiger partial charge is 0.394 e. The summed E-state index contributed by atoms with van der Waals surface area (Å²) in [5.41, 5.74) is 16.3. The smallest absolute Gasteiger partial charge is 0.245 e. The molecule has 3 amide bonds. The number of carbonyl (C=O) groups is 4. The number of nitrogens with two attached hydrogens (primary N) is 3. The molecule has 12 nitrogen and oxygen atoms in total. The van der Waals surface area contributed by atoms with E-state index in [2.05, 4.69) is 20.9 Å². The summed E-state index contributed by atoms with van der Waals surface area (Å²) in [6, 6.07) is -3.07. The Balaban J connectivity index is 4.94. The standard InChI is InChI=1S/C17H33N7O5/c1-3-10(2)13(16(29)23-12(9-26)15(28)21-7-8-25)24-14(27)11(18)5-4-6-22-17(19)20/h8,10-13,26H,3-7,9,18H2,1-2H3,(H,21,28)(H,23,29)(H,24,27)(H4,19,20,22)/t10-,11-,12-,13-/m0/s1. The van der Waals surface area contributed by atoms with Crippen molar-refractivity contribution >= 4 is 30.0 Å². The lowest BCUT2D eigenvalue weighted by Crippen LogP contribution is -2.58. The van der Waals surface area contributed by atoms with Crippen molar-refractivity contribution in [2.24, 2.45) is 28.1 Å². The number of rotatable bonds is 14. The highest BCUT2D eigenvalue weighted by atomic mass is 16.3. The second kappa shape index (κ2) is 14.3. The Morgan fingerprint density at radius 2 is 1.79 bits per heavy atom. The molecule has 0 bridgehead atoms. The molecule has 0 saturated carbocycles. The van der Waals surface area contributed by atoms with E-state index in [-0.39, 0.29) is 18.4 Å². The van der Waals surface area contributed by atoms with Crippen LogP contribution >= 0.6 is 0 Å². The first kappa shape index (κ1) is 26.3. The van der Waals surface area contributed by atoms with Gasteiger partial charge in [0.15, 0.2) is 5.96 Å². The molecule has 166 valence electrons. The van der Waals surface area contributed by atoms with Gasteiger partial charge in [-0.15, -0.1) is 0 Å². The van der Waals surface area contributed by atoms with Gasteiger partial charge in [-0.1, -0.05) is 20.3 Å². The molecule has 0 aliphatic rings. The third-order valence-electron chi connectivity index (χ3n) is 4.27. The summed E-state index contributed by atoms with van der Waals surface area (Å²) in [6.45, 7) is 3.02. The molecule has 4 atom stereocenters. The van der Waals surface area contributed by atoms with Crippen LogP contribution in [-0.2, 0) is 19.2 Å². The lowest BCUT2D eigenvalue weighted by Gasteiger charge is -2.26. The van der Waals surface area contributed by atoms with Crippen molar-refractivity contribution in [3.8, 4) is 0 Å². The highest BCUT2D eigenvalue weighted by Crippen LogP contribution is 2.09. The van der Waals surface area contributed by atoms with Gasteiger partial charge in [0, 0.05) is 6.54 Å². The Labute approximate surface area is 170 Å². The number of hydrogen-bond acceptors (Lipinski definition) is 7. The van der Waals surface area contributed by atoms with Crippen LogP contribution in [-0.4, -0.2) is 72.9 Å². The van der Waals surface area contributed by atoms with Crippen molar-refractivity contribution in [2.45, 2.75) is 51.2 Å². The van der Waals surface area contributed by atoms with Gasteiger partial charge < -0.3 is 43.1 Å². The Morgan fingerprint density at radius 1 is 1.14 bits per heavy atom. The van der Waals surface area contributed by atoms with E-state index in [1.54, 1.807) is 6.92 Å². The maximum atomic E-state index is 12.6. The molecule has 29 heavy (non-hydrogen) atoms. The van der Waals surface area contributed by atoms with E-state index >= 15 is 0 Å². The van der Waals surface area contributed by atoms with E-state index in [4.69, 9.17) is 17.2 Å². The first-order valence-corrected chi connectivity index (χ1v) is 9.41. The molecule has 0 aliphatic carbocycles. The fourth-order valence-electron chi connectivity index (χ4n) is 2.33. The van der Waals surface area contributed by atoms with Gasteiger partial charge in [-0.25, -0.2) is 0 Å². The van der Waals surface area contributed by atoms with Crippen molar-refractivity contribution in [2.75, 3.05) is 19.7 Å². The molecule has 0 heterocycles. The minimum Gasteiger partial charge on any atom is -0.394 e. The normalized spacial score (nSPS) is 14.6. The number of nitrogens with one attached hydrogen (secondary N) is 3. The fraction of sp³-hybridized carbons (Fsp3) is 0.706. The highest BCUT2D eigenvalue weighted by molar-refractivity contribution is 5.93. The van der Waals surface area contributed by atoms with Gasteiger partial charge in [0.25, 0.3) is 0 Å². The van der Waals surface area contributed by atoms with Gasteiger partial charge in [0.05, 0.1) is 19.2 Å². The molecule has 0 aliphatic heterocycles. The summed E-state index contributed by atoms with van der Waals surface area (Å²) in [7, 11) is 0. The minimum absolute atomic E-state index is 0.0489. The van der Waals surface area contributed by atoms with Crippen molar-refractivity contribution in [1.29, 1.82) is 0 Å². The first-order valence-electron chi connectivity index (χ1n) is 9.41. The van der Waals surface area contributed by atoms with E-state index in [0.717, 1.165) is 0 Å². The minimum atomic E-state index is -1.25. The zero-order valence-electron chi connectivity index (χ0n) is 16.9. The maximum absolute atomic E-state index is 12.6. The number of amides is 3. The van der Waals surface area contributed by atoms with E-state index in [1.165, 1.54) is 0 Å². The number of aliphatic hydroxyl groups excluding tert-OH is 1. The summed E-state index contributed by atoms with van der Waals surface area (Å²) in [5.74, 6) is -2.18. The monoisotopic (exact) mass is 415 g/mol. The number of hydrogen-bond donors (Lipinski definition) is 7. The van der Waals surface area contributed by atoms with Gasteiger partial charge in [-0.05, 0) is 18.8 Å². The molecule has 0 spiro atoms. The zero-order valence-corrected chi connectivity index (χ0v) is 16.9. The third kappa shape index (κ3) is 10.4. The average molecular weight is 415 g/mol. The third-order valence-corrected chi connectivity index (χ3v) is 4.27. The Morgan fingerprint density at radius 3 is 2.31 bits per heavy atom. The summed E-state index contributed by atoms with van der Waals surface area (Å²) in [5, 5.41) is 16.6. The van der Waals surface area contributed by atoms with Crippen LogP contribution in [0, 0.1) is 5.92 Å². The average Bonchev–Trinajstić information content (AvgIpc) is 2.69. The maximum Gasteiger partial charge on any atom is 0.245 e. The molecule has 0 fully saturated rings. The number of guanidine groups is 1. The van der Waals surface area contributed by atoms with Crippen LogP contribution in [0.3, 0.4) is 0 Å². The quantitative estimate of drug-likeness (QED) is 0.0658. The van der Waals surface area contributed by atoms with Crippen LogP contribution in [0.5, 0.6) is 0 Å². The lowest BCUT2D eigenvalue weighted by atomic mass is 9.97. The van der Waals surface area contributed by atoms with Gasteiger partial charge in [0.2, 0.25) is 17.7 Å². The van der Waals surface area contributed by atoms with Crippen molar-refractivity contribution in [3.05, 3.63) is 0 Å². The predicted octanol–water partition coefficient (Wildman–Crippen LogP) is -3.31. The SMILES string of the molecule is CC[C@H](C)[C@H](NC(=O)[C@@H](N)CCCN=C(N)N)C(=O)N[C@@H](CO)C(=O)NCC=O. The van der Waals surface area contributed by atoms with E-state index in [9.17, 15) is 24.3 Å². The Kier molecular flexibility index (Phi) is 12.9. The van der Waals surface area contributed by atoms with Crippen molar-refractivity contribution in [1.82, 2.24) is 16.0 Å². The molecule has 12 heteroatoms. The lowest BCUT2D eigenvalue weighted by molar-refractivity contribution is -0.134. The number of aldehydes is 1. The summed E-state index contributed by atoms with van der Waals surface area (Å²) >= 11 is 0. The van der Waals surface area contributed by atoms with Crippen LogP contribution < -0.4 is 33.2 Å². The van der Waals surface area contributed by atoms with Gasteiger partial charge in [-0.3, -0.25) is 19.4 Å². The highest BCUT2D eigenvalue weighted by Gasteiger charge is 2.30. The van der Waals surface area contributed by atoms with E-state index in [0.29, 0.717) is 32.1 Å². The zero-order chi connectivity index (χ0) is 22.4. The molecular formula is C17H33N7O5. The van der Waals surface area contributed by atoms with Gasteiger partial charge in [0.1, 0.15) is 18.4 Å². The van der Waals surface area contributed by atoms with Crippen molar-refractivity contribution in [3.63, 3.8) is 0 Å². The molecule has 0 aromatic carbocycles. The number of nitrogens with zero attached hydrogens (tertiary/aromatic N) is 1. The van der Waals surface area contributed by atoms with Crippen LogP contribution in [0.25, 0.3) is 0 Å². The van der Waals surface area contributed by atoms with Crippen LogP contribution in [0.1, 0.15) is 33.1 Å². The second-order valence-corrected chi connectivity index (χ2v) is 6.58. The second-order valence-electron chi connectivity index (χ2n) is 6.58.